The lowest BCUT2D eigenvalue weighted by Gasteiger charge is -1.93. The standard InChI is InChI=1S/C7H13N3.ClH/c8-4-2-1-3-7-5-9-6-10-7;/h5-6H,1-4,8H2,(H,9,10);1H. The number of nitrogens with zero attached hydrogens (tertiary/aromatic N) is 1. The van der Waals surface area contributed by atoms with Crippen molar-refractivity contribution in [2.75, 3.05) is 6.54 Å². The molecule has 0 radical (unpaired) electrons. The first kappa shape index (κ1) is 10.5. The van der Waals surface area contributed by atoms with Crippen LogP contribution in [-0.4, -0.2) is 16.5 Å². The zero-order chi connectivity index (χ0) is 7.23. The van der Waals surface area contributed by atoms with Crippen LogP contribution in [0.15, 0.2) is 12.5 Å². The second-order valence-electron chi connectivity index (χ2n) is 2.32. The maximum atomic E-state index is 5.34. The molecular formula is C7H14ClN3. The van der Waals surface area contributed by atoms with Crippen molar-refractivity contribution in [1.29, 1.82) is 0 Å². The van der Waals surface area contributed by atoms with E-state index in [1.54, 1.807) is 6.33 Å². The summed E-state index contributed by atoms with van der Waals surface area (Å²) in [4.78, 5) is 6.96. The van der Waals surface area contributed by atoms with Gasteiger partial charge in [0.1, 0.15) is 0 Å². The van der Waals surface area contributed by atoms with Crippen LogP contribution in [0.25, 0.3) is 0 Å². The molecule has 64 valence electrons. The number of halogens is 1. The highest BCUT2D eigenvalue weighted by molar-refractivity contribution is 5.85. The van der Waals surface area contributed by atoms with Gasteiger partial charge in [-0.3, -0.25) is 0 Å². The summed E-state index contributed by atoms with van der Waals surface area (Å²) in [6.07, 6.45) is 6.88. The van der Waals surface area contributed by atoms with Crippen LogP contribution in [-0.2, 0) is 6.42 Å². The third-order valence-corrected chi connectivity index (χ3v) is 1.46. The first-order valence-corrected chi connectivity index (χ1v) is 3.61. The number of aryl methyl sites for hydroxylation is 1. The molecule has 3 nitrogen and oxygen atoms in total. The number of nitrogens with two attached hydrogens (primary N) is 1. The number of aromatic nitrogens is 2. The van der Waals surface area contributed by atoms with Crippen molar-refractivity contribution in [2.45, 2.75) is 19.3 Å². The van der Waals surface area contributed by atoms with Crippen LogP contribution in [0.1, 0.15) is 18.5 Å². The highest BCUT2D eigenvalue weighted by Gasteiger charge is 1.91. The third-order valence-electron chi connectivity index (χ3n) is 1.46. The lowest BCUT2D eigenvalue weighted by molar-refractivity contribution is 0.735. The van der Waals surface area contributed by atoms with E-state index in [2.05, 4.69) is 9.97 Å². The zero-order valence-electron chi connectivity index (χ0n) is 6.42. The number of rotatable bonds is 4. The first-order chi connectivity index (χ1) is 4.93. The number of aromatic amines is 1. The maximum Gasteiger partial charge on any atom is 0.0921 e. The summed E-state index contributed by atoms with van der Waals surface area (Å²) in [7, 11) is 0. The SMILES string of the molecule is Cl.NCCCCc1cnc[nH]1. The van der Waals surface area contributed by atoms with Gasteiger partial charge in [0.2, 0.25) is 0 Å². The van der Waals surface area contributed by atoms with Crippen molar-refractivity contribution in [2.24, 2.45) is 5.73 Å². The van der Waals surface area contributed by atoms with Crippen LogP contribution in [0.3, 0.4) is 0 Å². The zero-order valence-corrected chi connectivity index (χ0v) is 7.23. The predicted octanol–water partition coefficient (Wildman–Crippen LogP) is 1.11. The molecule has 0 aliphatic rings. The fourth-order valence-corrected chi connectivity index (χ4v) is 0.881. The second kappa shape index (κ2) is 6.19. The average Bonchev–Trinajstić information content (AvgIpc) is 2.41. The van der Waals surface area contributed by atoms with E-state index in [9.17, 15) is 0 Å². The van der Waals surface area contributed by atoms with Gasteiger partial charge in [0.05, 0.1) is 6.33 Å². The Hall–Kier alpha value is -0.540. The molecule has 0 atom stereocenters. The van der Waals surface area contributed by atoms with E-state index in [1.807, 2.05) is 6.20 Å². The average molecular weight is 176 g/mol. The monoisotopic (exact) mass is 175 g/mol. The predicted molar refractivity (Wildman–Crippen MR) is 47.8 cm³/mol. The molecule has 0 fully saturated rings. The van der Waals surface area contributed by atoms with Crippen molar-refractivity contribution >= 4 is 12.4 Å². The summed E-state index contributed by atoms with van der Waals surface area (Å²) < 4.78 is 0. The minimum Gasteiger partial charge on any atom is -0.348 e. The molecule has 1 rings (SSSR count). The van der Waals surface area contributed by atoms with E-state index in [0.29, 0.717) is 0 Å². The van der Waals surface area contributed by atoms with Gasteiger partial charge in [-0.25, -0.2) is 4.98 Å². The van der Waals surface area contributed by atoms with Crippen LogP contribution < -0.4 is 5.73 Å². The van der Waals surface area contributed by atoms with Gasteiger partial charge >= 0.3 is 0 Å². The molecule has 0 aromatic carbocycles. The third kappa shape index (κ3) is 4.01. The second-order valence-corrected chi connectivity index (χ2v) is 2.32. The molecule has 0 bridgehead atoms. The minimum atomic E-state index is 0. The Labute approximate surface area is 72.8 Å². The molecule has 0 saturated heterocycles. The first-order valence-electron chi connectivity index (χ1n) is 3.61. The summed E-state index contributed by atoms with van der Waals surface area (Å²) in [5.74, 6) is 0. The molecule has 4 heteroatoms. The van der Waals surface area contributed by atoms with Gasteiger partial charge in [-0.15, -0.1) is 12.4 Å². The van der Waals surface area contributed by atoms with Gasteiger partial charge < -0.3 is 10.7 Å². The number of hydrogen-bond acceptors (Lipinski definition) is 2. The van der Waals surface area contributed by atoms with Crippen molar-refractivity contribution in [3.8, 4) is 0 Å². The Morgan fingerprint density at radius 1 is 1.45 bits per heavy atom. The Morgan fingerprint density at radius 3 is 2.82 bits per heavy atom. The van der Waals surface area contributed by atoms with E-state index < -0.39 is 0 Å². The van der Waals surface area contributed by atoms with Crippen LogP contribution >= 0.6 is 12.4 Å². The summed E-state index contributed by atoms with van der Waals surface area (Å²) in [5, 5.41) is 0. The van der Waals surface area contributed by atoms with Crippen molar-refractivity contribution < 1.29 is 0 Å². The highest BCUT2D eigenvalue weighted by Crippen LogP contribution is 1.98. The molecule has 11 heavy (non-hydrogen) atoms. The number of imidazole rings is 1. The number of unbranched alkanes of at least 4 members (excludes halogenated alkanes) is 1. The highest BCUT2D eigenvalue weighted by atomic mass is 35.5. The van der Waals surface area contributed by atoms with Crippen LogP contribution in [0.2, 0.25) is 0 Å². The van der Waals surface area contributed by atoms with Gasteiger partial charge in [0, 0.05) is 11.9 Å². The Balaban J connectivity index is 0.000001000. The molecule has 0 aliphatic heterocycles. The molecule has 1 aromatic rings. The van der Waals surface area contributed by atoms with E-state index >= 15 is 0 Å². The molecule has 0 spiro atoms. The van der Waals surface area contributed by atoms with Crippen molar-refractivity contribution in [3.05, 3.63) is 18.2 Å². The molecular weight excluding hydrogens is 162 g/mol. The molecule has 0 saturated carbocycles. The molecule has 0 unspecified atom stereocenters. The molecule has 0 aliphatic carbocycles. The smallest absolute Gasteiger partial charge is 0.0921 e. The van der Waals surface area contributed by atoms with Gasteiger partial charge in [-0.2, -0.15) is 0 Å². The fourth-order valence-electron chi connectivity index (χ4n) is 0.881. The summed E-state index contributed by atoms with van der Waals surface area (Å²) in [6, 6.07) is 0. The largest absolute Gasteiger partial charge is 0.348 e. The molecule has 1 heterocycles. The van der Waals surface area contributed by atoms with E-state index in [0.717, 1.165) is 25.8 Å². The van der Waals surface area contributed by atoms with Crippen molar-refractivity contribution in [3.63, 3.8) is 0 Å². The lowest BCUT2D eigenvalue weighted by atomic mass is 10.2. The summed E-state index contributed by atoms with van der Waals surface area (Å²) in [6.45, 7) is 0.786. The van der Waals surface area contributed by atoms with Crippen LogP contribution in [0.5, 0.6) is 0 Å². The Kier molecular flexibility index (Phi) is 5.88. The van der Waals surface area contributed by atoms with Gasteiger partial charge in [-0.05, 0) is 25.8 Å². The Morgan fingerprint density at radius 2 is 2.27 bits per heavy atom. The van der Waals surface area contributed by atoms with Crippen LogP contribution in [0.4, 0.5) is 0 Å². The fraction of sp³-hybridized carbons (Fsp3) is 0.571. The van der Waals surface area contributed by atoms with Gasteiger partial charge in [0.15, 0.2) is 0 Å². The van der Waals surface area contributed by atoms with E-state index in [4.69, 9.17) is 5.73 Å². The topological polar surface area (TPSA) is 54.7 Å². The maximum absolute atomic E-state index is 5.34. The van der Waals surface area contributed by atoms with Gasteiger partial charge in [-0.1, -0.05) is 0 Å². The molecule has 1 aromatic heterocycles. The normalized spacial score (nSPS) is 9.18. The molecule has 3 N–H and O–H groups in total. The van der Waals surface area contributed by atoms with E-state index in [1.165, 1.54) is 5.69 Å². The van der Waals surface area contributed by atoms with E-state index in [-0.39, 0.29) is 12.4 Å². The molecule has 0 amide bonds. The summed E-state index contributed by atoms with van der Waals surface area (Å²) in [5.41, 5.74) is 6.54. The number of H-pyrrole nitrogens is 1. The number of nitrogens with one attached hydrogen (secondary N) is 1. The van der Waals surface area contributed by atoms with Crippen LogP contribution in [0, 0.1) is 0 Å². The Bertz CT molecular complexity index is 162. The quantitative estimate of drug-likeness (QED) is 0.674. The minimum absolute atomic E-state index is 0. The lowest BCUT2D eigenvalue weighted by Crippen LogP contribution is -1.98. The number of hydrogen-bond donors (Lipinski definition) is 2. The van der Waals surface area contributed by atoms with Gasteiger partial charge in [0.25, 0.3) is 0 Å². The van der Waals surface area contributed by atoms with Crippen molar-refractivity contribution in [1.82, 2.24) is 9.97 Å². The summed E-state index contributed by atoms with van der Waals surface area (Å²) >= 11 is 0.